The van der Waals surface area contributed by atoms with Gasteiger partial charge in [-0.3, -0.25) is 4.79 Å². The van der Waals surface area contributed by atoms with Crippen molar-refractivity contribution >= 4 is 5.97 Å². The second kappa shape index (κ2) is 7.01. The third-order valence-electron chi connectivity index (χ3n) is 2.39. The van der Waals surface area contributed by atoms with E-state index < -0.39 is 0 Å². The minimum atomic E-state index is -0.279. The van der Waals surface area contributed by atoms with Crippen molar-refractivity contribution in [1.82, 2.24) is 0 Å². The van der Waals surface area contributed by atoms with Crippen LogP contribution in [0.15, 0.2) is 30.3 Å². The van der Waals surface area contributed by atoms with Gasteiger partial charge in [0.1, 0.15) is 5.75 Å². The Kier molecular flexibility index (Phi) is 5.57. The largest absolute Gasteiger partial charge is 0.427 e. The molecule has 0 fully saturated rings. The highest BCUT2D eigenvalue weighted by atomic mass is 16.5. The van der Waals surface area contributed by atoms with E-state index in [0.717, 1.165) is 12.8 Å². The van der Waals surface area contributed by atoms with Gasteiger partial charge in [-0.15, -0.1) is 0 Å². The summed E-state index contributed by atoms with van der Waals surface area (Å²) >= 11 is 0. The third kappa shape index (κ3) is 4.45. The fourth-order valence-corrected chi connectivity index (χ4v) is 1.56. The van der Waals surface area contributed by atoms with Crippen LogP contribution in [-0.4, -0.2) is 17.7 Å². The molecule has 3 heteroatoms. The monoisotopic (exact) mass is 222 g/mol. The lowest BCUT2D eigenvalue weighted by Crippen LogP contribution is -2.16. The summed E-state index contributed by atoms with van der Waals surface area (Å²) in [4.78, 5) is 11.5. The lowest BCUT2D eigenvalue weighted by molar-refractivity contribution is -0.135. The fourth-order valence-electron chi connectivity index (χ4n) is 1.56. The normalized spacial score (nSPS) is 12.1. The minimum absolute atomic E-state index is 0.0150. The highest BCUT2D eigenvalue weighted by molar-refractivity contribution is 5.72. The number of aliphatic hydroxyl groups is 1. The summed E-state index contributed by atoms with van der Waals surface area (Å²) in [6, 6.07) is 8.98. The molecule has 0 aliphatic heterocycles. The van der Waals surface area contributed by atoms with E-state index in [4.69, 9.17) is 9.84 Å². The van der Waals surface area contributed by atoms with Crippen molar-refractivity contribution < 1.29 is 14.6 Å². The van der Waals surface area contributed by atoms with E-state index in [0.29, 0.717) is 5.75 Å². The second-order valence-electron chi connectivity index (χ2n) is 3.83. The molecule has 1 N–H and O–H groups in total. The van der Waals surface area contributed by atoms with E-state index in [1.54, 1.807) is 12.1 Å². The Labute approximate surface area is 96.1 Å². The molecule has 88 valence electrons. The predicted molar refractivity (Wildman–Crippen MR) is 62.2 cm³/mol. The maximum atomic E-state index is 11.5. The number of rotatable bonds is 6. The number of carbonyl (C=O) groups is 1. The summed E-state index contributed by atoms with van der Waals surface area (Å²) in [5.41, 5.74) is 0. The molecule has 1 atom stereocenters. The molecule has 0 saturated carbocycles. The summed E-state index contributed by atoms with van der Waals surface area (Å²) in [5.74, 6) is 0.292. The molecule has 3 nitrogen and oxygen atoms in total. The van der Waals surface area contributed by atoms with Crippen LogP contribution in [0, 0.1) is 5.92 Å². The molecule has 0 aliphatic carbocycles. The Bertz CT molecular complexity index is 308. The van der Waals surface area contributed by atoms with Crippen molar-refractivity contribution in [3.05, 3.63) is 30.3 Å². The molecule has 0 aliphatic rings. The van der Waals surface area contributed by atoms with E-state index >= 15 is 0 Å². The standard InChI is InChI=1S/C13H18O3/c1-2-6-11(10-14)9-13(15)16-12-7-4-3-5-8-12/h3-5,7-8,11,14H,2,6,9-10H2,1H3. The molecule has 1 aromatic carbocycles. The Hall–Kier alpha value is -1.35. The van der Waals surface area contributed by atoms with Crippen LogP contribution in [0.5, 0.6) is 5.75 Å². The van der Waals surface area contributed by atoms with Crippen molar-refractivity contribution in [1.29, 1.82) is 0 Å². The maximum Gasteiger partial charge on any atom is 0.311 e. The number of carbonyl (C=O) groups excluding carboxylic acids is 1. The number of aliphatic hydroxyl groups excluding tert-OH is 1. The van der Waals surface area contributed by atoms with Gasteiger partial charge in [-0.2, -0.15) is 0 Å². The highest BCUT2D eigenvalue weighted by Gasteiger charge is 2.13. The Morgan fingerprint density at radius 1 is 1.38 bits per heavy atom. The lowest BCUT2D eigenvalue weighted by Gasteiger charge is -2.11. The zero-order chi connectivity index (χ0) is 11.8. The number of hydrogen-bond donors (Lipinski definition) is 1. The summed E-state index contributed by atoms with van der Waals surface area (Å²) in [6.45, 7) is 2.07. The summed E-state index contributed by atoms with van der Waals surface area (Å²) < 4.78 is 5.14. The molecule has 0 heterocycles. The van der Waals surface area contributed by atoms with Gasteiger partial charge in [0.25, 0.3) is 0 Å². The van der Waals surface area contributed by atoms with Crippen LogP contribution in [-0.2, 0) is 4.79 Å². The summed E-state index contributed by atoms with van der Waals surface area (Å²) in [7, 11) is 0. The molecule has 1 unspecified atom stereocenters. The van der Waals surface area contributed by atoms with Crippen molar-refractivity contribution in [2.75, 3.05) is 6.61 Å². The van der Waals surface area contributed by atoms with Gasteiger partial charge in [-0.05, 0) is 24.5 Å². The Morgan fingerprint density at radius 2 is 2.06 bits per heavy atom. The SMILES string of the molecule is CCCC(CO)CC(=O)Oc1ccccc1. The topological polar surface area (TPSA) is 46.5 Å². The van der Waals surface area contributed by atoms with Crippen LogP contribution in [0.4, 0.5) is 0 Å². The van der Waals surface area contributed by atoms with Gasteiger partial charge >= 0.3 is 5.97 Å². The fraction of sp³-hybridized carbons (Fsp3) is 0.462. The van der Waals surface area contributed by atoms with Crippen molar-refractivity contribution in [2.24, 2.45) is 5.92 Å². The number of esters is 1. The second-order valence-corrected chi connectivity index (χ2v) is 3.83. The lowest BCUT2D eigenvalue weighted by atomic mass is 10.0. The number of para-hydroxylation sites is 1. The summed E-state index contributed by atoms with van der Waals surface area (Å²) in [6.07, 6.45) is 2.09. The van der Waals surface area contributed by atoms with Gasteiger partial charge in [-0.1, -0.05) is 31.5 Å². The zero-order valence-electron chi connectivity index (χ0n) is 9.56. The molecule has 0 saturated heterocycles. The van der Waals surface area contributed by atoms with E-state index in [1.165, 1.54) is 0 Å². The molecule has 1 aromatic rings. The van der Waals surface area contributed by atoms with Crippen LogP contribution in [0.25, 0.3) is 0 Å². The molecule has 0 amide bonds. The number of benzene rings is 1. The highest BCUT2D eigenvalue weighted by Crippen LogP contribution is 2.14. The zero-order valence-corrected chi connectivity index (χ0v) is 9.56. The molecule has 0 spiro atoms. The van der Waals surface area contributed by atoms with Crippen molar-refractivity contribution in [3.8, 4) is 5.75 Å². The van der Waals surface area contributed by atoms with Gasteiger partial charge in [0.2, 0.25) is 0 Å². The average molecular weight is 222 g/mol. The first kappa shape index (κ1) is 12.7. The average Bonchev–Trinajstić information content (AvgIpc) is 2.29. The molecule has 0 radical (unpaired) electrons. The molecule has 16 heavy (non-hydrogen) atoms. The first-order valence-corrected chi connectivity index (χ1v) is 5.62. The molecule has 0 aromatic heterocycles. The van der Waals surface area contributed by atoms with Crippen LogP contribution < -0.4 is 4.74 Å². The first-order chi connectivity index (χ1) is 7.76. The maximum absolute atomic E-state index is 11.5. The molecular formula is C13H18O3. The van der Waals surface area contributed by atoms with Gasteiger partial charge < -0.3 is 9.84 Å². The van der Waals surface area contributed by atoms with E-state index in [9.17, 15) is 4.79 Å². The smallest absolute Gasteiger partial charge is 0.311 e. The van der Waals surface area contributed by atoms with Gasteiger partial charge in [0, 0.05) is 6.61 Å². The minimum Gasteiger partial charge on any atom is -0.427 e. The predicted octanol–water partition coefficient (Wildman–Crippen LogP) is 2.39. The number of hydrogen-bond acceptors (Lipinski definition) is 3. The van der Waals surface area contributed by atoms with E-state index in [-0.39, 0.29) is 24.9 Å². The molecule has 1 rings (SSSR count). The Morgan fingerprint density at radius 3 is 2.62 bits per heavy atom. The van der Waals surface area contributed by atoms with Crippen molar-refractivity contribution in [2.45, 2.75) is 26.2 Å². The van der Waals surface area contributed by atoms with Crippen molar-refractivity contribution in [3.63, 3.8) is 0 Å². The van der Waals surface area contributed by atoms with Crippen LogP contribution in [0.2, 0.25) is 0 Å². The molecular weight excluding hydrogens is 204 g/mol. The van der Waals surface area contributed by atoms with Crippen LogP contribution >= 0.6 is 0 Å². The van der Waals surface area contributed by atoms with E-state index in [1.807, 2.05) is 25.1 Å². The van der Waals surface area contributed by atoms with Gasteiger partial charge in [-0.25, -0.2) is 0 Å². The molecule has 0 bridgehead atoms. The number of ether oxygens (including phenoxy) is 1. The first-order valence-electron chi connectivity index (χ1n) is 5.62. The van der Waals surface area contributed by atoms with Gasteiger partial charge in [0.05, 0.1) is 6.42 Å². The van der Waals surface area contributed by atoms with Gasteiger partial charge in [0.15, 0.2) is 0 Å². The third-order valence-corrected chi connectivity index (χ3v) is 2.39. The Balaban J connectivity index is 2.41. The summed E-state index contributed by atoms with van der Waals surface area (Å²) in [5, 5.41) is 9.06. The van der Waals surface area contributed by atoms with E-state index in [2.05, 4.69) is 0 Å². The van der Waals surface area contributed by atoms with Crippen LogP contribution in [0.1, 0.15) is 26.2 Å². The van der Waals surface area contributed by atoms with Crippen LogP contribution in [0.3, 0.4) is 0 Å². The quantitative estimate of drug-likeness (QED) is 0.594.